The van der Waals surface area contributed by atoms with Crippen molar-refractivity contribution in [3.8, 4) is 11.5 Å². The van der Waals surface area contributed by atoms with Gasteiger partial charge >= 0.3 is 6.18 Å². The molecule has 0 radical (unpaired) electrons. The van der Waals surface area contributed by atoms with Gasteiger partial charge in [0.25, 0.3) is 0 Å². The van der Waals surface area contributed by atoms with Crippen LogP contribution in [0.15, 0.2) is 73.4 Å². The van der Waals surface area contributed by atoms with Gasteiger partial charge in [-0.2, -0.15) is 13.2 Å². The van der Waals surface area contributed by atoms with Gasteiger partial charge in [0.15, 0.2) is 5.78 Å². The van der Waals surface area contributed by atoms with Crippen molar-refractivity contribution in [3.63, 3.8) is 0 Å². The lowest BCUT2D eigenvalue weighted by molar-refractivity contribution is -0.137. The maximum absolute atomic E-state index is 14.2. The summed E-state index contributed by atoms with van der Waals surface area (Å²) in [5.41, 5.74) is 0.344. The zero-order chi connectivity index (χ0) is 26.9. The highest BCUT2D eigenvalue weighted by Crippen LogP contribution is 2.33. The summed E-state index contributed by atoms with van der Waals surface area (Å²) in [6.07, 6.45) is 1.92. The average molecular weight is 524 g/mol. The SMILES string of the molecule is Cn1c(Nc2cc(C(F)(F)F)ccc2F)nc2cc(Oc3ccnc(CC(=O)Cn4ccnc4)c3)ccc21. The number of imidazole rings is 2. The minimum Gasteiger partial charge on any atom is -0.457 e. The van der Waals surface area contributed by atoms with Gasteiger partial charge in [-0.25, -0.2) is 14.4 Å². The van der Waals surface area contributed by atoms with Gasteiger partial charge in [0.05, 0.1) is 47.3 Å². The Morgan fingerprint density at radius 2 is 1.87 bits per heavy atom. The molecule has 0 spiro atoms. The van der Waals surface area contributed by atoms with Crippen LogP contribution in [-0.2, 0) is 31.0 Å². The Bertz CT molecular complexity index is 1610. The van der Waals surface area contributed by atoms with Crippen LogP contribution in [0.25, 0.3) is 11.0 Å². The van der Waals surface area contributed by atoms with Crippen LogP contribution in [0.3, 0.4) is 0 Å². The smallest absolute Gasteiger partial charge is 0.416 e. The average Bonchev–Trinajstić information content (AvgIpc) is 3.47. The van der Waals surface area contributed by atoms with Crippen LogP contribution in [0.5, 0.6) is 11.5 Å². The van der Waals surface area contributed by atoms with E-state index in [1.54, 1.807) is 71.4 Å². The normalized spacial score (nSPS) is 11.6. The van der Waals surface area contributed by atoms with E-state index in [2.05, 4.69) is 20.3 Å². The van der Waals surface area contributed by atoms with E-state index in [4.69, 9.17) is 4.74 Å². The summed E-state index contributed by atoms with van der Waals surface area (Å²) in [5.74, 6) is 0.170. The number of Topliss-reactive ketones (excluding diaryl/α,β-unsaturated/α-hetero) is 1. The van der Waals surface area contributed by atoms with Gasteiger partial charge in [-0.05, 0) is 36.4 Å². The van der Waals surface area contributed by atoms with Crippen LogP contribution < -0.4 is 10.1 Å². The molecule has 0 fully saturated rings. The van der Waals surface area contributed by atoms with Crippen LogP contribution in [0.1, 0.15) is 11.3 Å². The Labute approximate surface area is 213 Å². The molecule has 2 aromatic carbocycles. The Hall–Kier alpha value is -4.74. The largest absolute Gasteiger partial charge is 0.457 e. The molecule has 5 rings (SSSR count). The van der Waals surface area contributed by atoms with Crippen molar-refractivity contribution in [2.24, 2.45) is 7.05 Å². The first kappa shape index (κ1) is 24.9. The summed E-state index contributed by atoms with van der Waals surface area (Å²) in [6, 6.07) is 10.5. The predicted molar refractivity (Wildman–Crippen MR) is 131 cm³/mol. The summed E-state index contributed by atoms with van der Waals surface area (Å²) in [5, 5.41) is 2.64. The molecule has 5 aromatic rings. The molecule has 0 atom stereocenters. The molecule has 3 heterocycles. The van der Waals surface area contributed by atoms with Gasteiger partial charge in [-0.15, -0.1) is 0 Å². The third kappa shape index (κ3) is 5.48. The van der Waals surface area contributed by atoms with Crippen molar-refractivity contribution < 1.29 is 27.1 Å². The Morgan fingerprint density at radius 3 is 2.63 bits per heavy atom. The molecular weight excluding hydrogens is 504 g/mol. The Balaban J connectivity index is 1.33. The molecule has 0 unspecified atom stereocenters. The van der Waals surface area contributed by atoms with E-state index in [0.717, 1.165) is 6.07 Å². The molecule has 194 valence electrons. The van der Waals surface area contributed by atoms with Crippen molar-refractivity contribution >= 4 is 28.5 Å². The maximum atomic E-state index is 14.2. The number of benzene rings is 2. The number of fused-ring (bicyclic) bond motifs is 1. The standard InChI is InChI=1S/C26H20F4N6O2/c1-35-24-5-3-19(38-20-6-7-32-17(12-20)11-18(37)14-36-9-8-31-15-36)13-23(24)34-25(35)33-22-10-16(26(28,29)30)2-4-21(22)27/h2-10,12-13,15H,11,14H2,1H3,(H,33,34). The number of ketones is 1. The zero-order valence-corrected chi connectivity index (χ0v) is 19.9. The highest BCUT2D eigenvalue weighted by Gasteiger charge is 2.31. The molecule has 0 saturated carbocycles. The second-order valence-electron chi connectivity index (χ2n) is 8.50. The molecule has 3 aromatic heterocycles. The van der Waals surface area contributed by atoms with E-state index < -0.39 is 17.6 Å². The highest BCUT2D eigenvalue weighted by atomic mass is 19.4. The quantitative estimate of drug-likeness (QED) is 0.263. The fourth-order valence-electron chi connectivity index (χ4n) is 3.87. The summed E-state index contributed by atoms with van der Waals surface area (Å²) >= 11 is 0. The van der Waals surface area contributed by atoms with Gasteiger partial charge in [0.1, 0.15) is 17.3 Å². The van der Waals surface area contributed by atoms with E-state index >= 15 is 0 Å². The van der Waals surface area contributed by atoms with E-state index in [0.29, 0.717) is 40.4 Å². The van der Waals surface area contributed by atoms with Gasteiger partial charge in [-0.3, -0.25) is 9.78 Å². The van der Waals surface area contributed by atoms with E-state index in [-0.39, 0.29) is 30.4 Å². The third-order valence-electron chi connectivity index (χ3n) is 5.71. The number of ether oxygens (including phenoxy) is 1. The first-order valence-corrected chi connectivity index (χ1v) is 11.4. The van der Waals surface area contributed by atoms with Crippen LogP contribution in [0, 0.1) is 5.82 Å². The molecule has 1 N–H and O–H groups in total. The number of nitrogens with zero attached hydrogens (tertiary/aromatic N) is 5. The molecule has 0 amide bonds. The minimum atomic E-state index is -4.61. The van der Waals surface area contributed by atoms with Crippen molar-refractivity contribution in [2.75, 3.05) is 5.32 Å². The van der Waals surface area contributed by atoms with Crippen molar-refractivity contribution in [2.45, 2.75) is 19.1 Å². The second kappa shape index (κ2) is 9.96. The van der Waals surface area contributed by atoms with E-state index in [9.17, 15) is 22.4 Å². The number of hydrogen-bond donors (Lipinski definition) is 1. The fraction of sp³-hybridized carbons (Fsp3) is 0.154. The highest BCUT2D eigenvalue weighted by molar-refractivity contribution is 5.81. The molecule has 0 aliphatic carbocycles. The summed E-state index contributed by atoms with van der Waals surface area (Å²) < 4.78 is 62.6. The maximum Gasteiger partial charge on any atom is 0.416 e. The van der Waals surface area contributed by atoms with Crippen molar-refractivity contribution in [1.82, 2.24) is 24.1 Å². The van der Waals surface area contributed by atoms with E-state index in [1.165, 1.54) is 0 Å². The number of carbonyl (C=O) groups excluding carboxylic acids is 1. The number of hydrogen-bond acceptors (Lipinski definition) is 6. The molecule has 38 heavy (non-hydrogen) atoms. The van der Waals surface area contributed by atoms with Crippen LogP contribution >= 0.6 is 0 Å². The molecule has 0 aliphatic rings. The number of nitrogens with one attached hydrogen (secondary N) is 1. The molecule has 12 heteroatoms. The van der Waals surface area contributed by atoms with Crippen LogP contribution in [-0.4, -0.2) is 29.9 Å². The lowest BCUT2D eigenvalue weighted by atomic mass is 10.2. The first-order chi connectivity index (χ1) is 18.2. The summed E-state index contributed by atoms with van der Waals surface area (Å²) in [6.45, 7) is 0.184. The summed E-state index contributed by atoms with van der Waals surface area (Å²) in [4.78, 5) is 24.9. The Kier molecular flexibility index (Phi) is 6.53. The lowest BCUT2D eigenvalue weighted by Gasteiger charge is -2.11. The topological polar surface area (TPSA) is 86.9 Å². The molecule has 8 nitrogen and oxygen atoms in total. The number of halogens is 4. The lowest BCUT2D eigenvalue weighted by Crippen LogP contribution is -2.12. The van der Waals surface area contributed by atoms with Crippen LogP contribution in [0.2, 0.25) is 0 Å². The number of aryl methyl sites for hydroxylation is 1. The minimum absolute atomic E-state index is 0.0419. The number of anilines is 2. The fourth-order valence-corrected chi connectivity index (χ4v) is 3.87. The molecule has 0 aliphatic heterocycles. The van der Waals surface area contributed by atoms with Gasteiger partial charge in [0, 0.05) is 37.8 Å². The van der Waals surface area contributed by atoms with E-state index in [1.807, 2.05) is 0 Å². The zero-order valence-electron chi connectivity index (χ0n) is 19.9. The van der Waals surface area contributed by atoms with Crippen LogP contribution in [0.4, 0.5) is 29.2 Å². The number of aromatic nitrogens is 5. The summed E-state index contributed by atoms with van der Waals surface area (Å²) in [7, 11) is 1.65. The van der Waals surface area contributed by atoms with Crippen molar-refractivity contribution in [1.29, 1.82) is 0 Å². The Morgan fingerprint density at radius 1 is 1.05 bits per heavy atom. The first-order valence-electron chi connectivity index (χ1n) is 11.4. The number of alkyl halides is 3. The molecule has 0 saturated heterocycles. The van der Waals surface area contributed by atoms with Crippen molar-refractivity contribution in [3.05, 3.63) is 90.5 Å². The third-order valence-corrected chi connectivity index (χ3v) is 5.71. The number of pyridine rings is 1. The predicted octanol–water partition coefficient (Wildman–Crippen LogP) is 5.67. The number of rotatable bonds is 8. The molecule has 0 bridgehead atoms. The number of carbonyl (C=O) groups is 1. The van der Waals surface area contributed by atoms with Gasteiger partial charge in [0.2, 0.25) is 5.95 Å². The van der Waals surface area contributed by atoms with Gasteiger partial charge in [-0.1, -0.05) is 0 Å². The molecular formula is C26H20F4N6O2. The second-order valence-corrected chi connectivity index (χ2v) is 8.50. The monoisotopic (exact) mass is 524 g/mol. The van der Waals surface area contributed by atoms with Gasteiger partial charge < -0.3 is 19.2 Å².